The van der Waals surface area contributed by atoms with Crippen LogP contribution in [-0.2, 0) is 22.4 Å². The van der Waals surface area contributed by atoms with Crippen LogP contribution < -0.4 is 4.90 Å². The molecule has 1 N–H and O–H groups in total. The van der Waals surface area contributed by atoms with Crippen LogP contribution >= 0.6 is 0 Å². The smallest absolute Gasteiger partial charge is 0.307 e. The Morgan fingerprint density at radius 1 is 1.23 bits per heavy atom. The lowest BCUT2D eigenvalue weighted by Crippen LogP contribution is -2.39. The molecule has 1 aromatic carbocycles. The number of amides is 1. The molecule has 0 bridgehead atoms. The molecule has 1 aromatic rings. The summed E-state index contributed by atoms with van der Waals surface area (Å²) in [4.78, 5) is 28.0. The molecule has 1 saturated heterocycles. The molecule has 1 atom stereocenters. The van der Waals surface area contributed by atoms with Gasteiger partial charge < -0.3 is 14.9 Å². The Balaban J connectivity index is 1.62. The van der Waals surface area contributed by atoms with Crippen molar-refractivity contribution in [3.05, 3.63) is 29.3 Å². The first-order valence-corrected chi connectivity index (χ1v) is 9.64. The van der Waals surface area contributed by atoms with Gasteiger partial charge in [0.1, 0.15) is 0 Å². The molecular weight excluding hydrogens is 328 g/mol. The Bertz CT molecular complexity index is 693. The van der Waals surface area contributed by atoms with Gasteiger partial charge in [0.2, 0.25) is 5.91 Å². The fraction of sp³-hybridized carbons (Fsp3) is 0.619. The molecule has 26 heavy (non-hydrogen) atoms. The third kappa shape index (κ3) is 4.09. The molecule has 0 spiro atoms. The van der Waals surface area contributed by atoms with Gasteiger partial charge in [0.05, 0.1) is 5.92 Å². The molecule has 0 aromatic heterocycles. The first-order valence-electron chi connectivity index (χ1n) is 9.64. The Labute approximate surface area is 156 Å². The van der Waals surface area contributed by atoms with Crippen LogP contribution in [0.3, 0.4) is 0 Å². The Morgan fingerprint density at radius 2 is 2.00 bits per heavy atom. The highest BCUT2D eigenvalue weighted by Gasteiger charge is 2.32. The van der Waals surface area contributed by atoms with E-state index in [4.69, 9.17) is 0 Å². The molecule has 2 aliphatic heterocycles. The number of carbonyl (C=O) groups is 2. The van der Waals surface area contributed by atoms with Gasteiger partial charge in [0.25, 0.3) is 0 Å². The van der Waals surface area contributed by atoms with E-state index in [1.807, 2.05) is 25.7 Å². The summed E-state index contributed by atoms with van der Waals surface area (Å²) in [6, 6.07) is 6.42. The van der Waals surface area contributed by atoms with Gasteiger partial charge in [-0.05, 0) is 49.4 Å². The van der Waals surface area contributed by atoms with Crippen molar-refractivity contribution >= 4 is 17.6 Å². The quantitative estimate of drug-likeness (QED) is 0.899. The third-order valence-corrected chi connectivity index (χ3v) is 5.50. The minimum Gasteiger partial charge on any atom is -0.481 e. The van der Waals surface area contributed by atoms with Gasteiger partial charge in [-0.2, -0.15) is 0 Å². The second kappa shape index (κ2) is 7.39. The molecule has 0 radical (unpaired) electrons. The van der Waals surface area contributed by atoms with Gasteiger partial charge in [-0.1, -0.05) is 32.9 Å². The maximum atomic E-state index is 12.6. The molecule has 2 heterocycles. The van der Waals surface area contributed by atoms with E-state index >= 15 is 0 Å². The van der Waals surface area contributed by atoms with E-state index in [1.54, 1.807) is 0 Å². The normalized spacial score (nSPS) is 20.9. The van der Waals surface area contributed by atoms with E-state index in [0.29, 0.717) is 6.54 Å². The average Bonchev–Trinajstić information content (AvgIpc) is 3.01. The minimum atomic E-state index is -0.671. The van der Waals surface area contributed by atoms with Gasteiger partial charge >= 0.3 is 5.97 Å². The maximum absolute atomic E-state index is 12.6. The average molecular weight is 358 g/mol. The first kappa shape index (κ1) is 18.9. The summed E-state index contributed by atoms with van der Waals surface area (Å²) in [5.41, 5.74) is 3.21. The van der Waals surface area contributed by atoms with Crippen LogP contribution in [0.5, 0.6) is 0 Å². The highest BCUT2D eigenvalue weighted by Crippen LogP contribution is 2.32. The second-order valence-electron chi connectivity index (χ2n) is 8.65. The number of benzene rings is 1. The molecule has 1 fully saturated rings. The van der Waals surface area contributed by atoms with Crippen molar-refractivity contribution < 1.29 is 14.7 Å². The van der Waals surface area contributed by atoms with Crippen LogP contribution in [0.2, 0.25) is 0 Å². The van der Waals surface area contributed by atoms with Gasteiger partial charge in [-0.3, -0.25) is 9.59 Å². The summed E-state index contributed by atoms with van der Waals surface area (Å²) < 4.78 is 0. The summed E-state index contributed by atoms with van der Waals surface area (Å²) >= 11 is 0. The number of piperidine rings is 1. The van der Waals surface area contributed by atoms with Crippen molar-refractivity contribution in [2.75, 3.05) is 31.1 Å². The van der Waals surface area contributed by atoms with Crippen LogP contribution in [0.4, 0.5) is 5.69 Å². The van der Waals surface area contributed by atoms with Crippen LogP contribution in [0.1, 0.15) is 44.7 Å². The first-order chi connectivity index (χ1) is 12.3. The van der Waals surface area contributed by atoms with Crippen molar-refractivity contribution in [3.63, 3.8) is 0 Å². The highest BCUT2D eigenvalue weighted by atomic mass is 16.4. The summed E-state index contributed by atoms with van der Waals surface area (Å²) in [5.74, 6) is -0.714. The monoisotopic (exact) mass is 358 g/mol. The van der Waals surface area contributed by atoms with Crippen molar-refractivity contribution in [3.8, 4) is 0 Å². The number of carboxylic acids is 1. The summed E-state index contributed by atoms with van der Waals surface area (Å²) in [7, 11) is 0. The topological polar surface area (TPSA) is 60.9 Å². The molecule has 5 heteroatoms. The second-order valence-corrected chi connectivity index (χ2v) is 8.65. The van der Waals surface area contributed by atoms with Crippen LogP contribution in [0.15, 0.2) is 18.2 Å². The lowest BCUT2D eigenvalue weighted by molar-refractivity contribution is -0.143. The van der Waals surface area contributed by atoms with Crippen LogP contribution in [-0.4, -0.2) is 48.1 Å². The number of rotatable bonds is 4. The van der Waals surface area contributed by atoms with Crippen molar-refractivity contribution in [1.29, 1.82) is 0 Å². The number of aliphatic carboxylic acids is 1. The van der Waals surface area contributed by atoms with E-state index in [1.165, 1.54) is 11.1 Å². The van der Waals surface area contributed by atoms with Crippen molar-refractivity contribution in [2.24, 2.45) is 11.3 Å². The number of hydrogen-bond donors (Lipinski definition) is 1. The maximum Gasteiger partial charge on any atom is 0.307 e. The molecule has 1 unspecified atom stereocenters. The number of likely N-dealkylation sites (tertiary alicyclic amines) is 1. The number of carbonyl (C=O) groups excluding carboxylic acids is 1. The van der Waals surface area contributed by atoms with Crippen LogP contribution in [0.25, 0.3) is 0 Å². The van der Waals surface area contributed by atoms with E-state index in [9.17, 15) is 14.7 Å². The van der Waals surface area contributed by atoms with E-state index in [-0.39, 0.29) is 17.2 Å². The van der Waals surface area contributed by atoms with Gasteiger partial charge in [-0.25, -0.2) is 0 Å². The zero-order valence-corrected chi connectivity index (χ0v) is 16.1. The van der Waals surface area contributed by atoms with E-state index in [0.717, 1.165) is 51.0 Å². The number of hydrogen-bond acceptors (Lipinski definition) is 3. The fourth-order valence-electron chi connectivity index (χ4n) is 3.97. The predicted molar refractivity (Wildman–Crippen MR) is 102 cm³/mol. The number of anilines is 1. The third-order valence-electron chi connectivity index (χ3n) is 5.50. The van der Waals surface area contributed by atoms with E-state index < -0.39 is 5.97 Å². The molecule has 2 aliphatic rings. The lowest BCUT2D eigenvalue weighted by Gasteiger charge is -2.30. The molecule has 3 rings (SSSR count). The number of carboxylic acid groups (broad SMARTS) is 1. The fourth-order valence-corrected chi connectivity index (χ4v) is 3.97. The molecule has 1 amide bonds. The van der Waals surface area contributed by atoms with Crippen molar-refractivity contribution in [1.82, 2.24) is 4.90 Å². The molecule has 0 aliphatic carbocycles. The zero-order chi connectivity index (χ0) is 18.9. The van der Waals surface area contributed by atoms with Gasteiger partial charge in [0.15, 0.2) is 0 Å². The molecule has 142 valence electrons. The predicted octanol–water partition coefficient (Wildman–Crippen LogP) is 2.96. The summed E-state index contributed by atoms with van der Waals surface area (Å²) in [5, 5.41) is 9.22. The van der Waals surface area contributed by atoms with Gasteiger partial charge in [0, 0.05) is 30.7 Å². The number of nitrogens with zero attached hydrogens (tertiary/aromatic N) is 2. The number of fused-ring (bicyclic) bond motifs is 1. The zero-order valence-electron chi connectivity index (χ0n) is 16.1. The Morgan fingerprint density at radius 3 is 2.69 bits per heavy atom. The van der Waals surface area contributed by atoms with Crippen LogP contribution in [0, 0.1) is 11.3 Å². The highest BCUT2D eigenvalue weighted by molar-refractivity contribution is 5.98. The summed E-state index contributed by atoms with van der Waals surface area (Å²) in [6.45, 7) is 9.20. The molecular formula is C21H30N2O3. The Hall–Kier alpha value is -1.88. The molecule has 0 saturated carbocycles. The minimum absolute atomic E-state index is 0.178. The summed E-state index contributed by atoms with van der Waals surface area (Å²) in [6.07, 6.45) is 3.59. The van der Waals surface area contributed by atoms with Crippen molar-refractivity contribution in [2.45, 2.75) is 46.5 Å². The Kier molecular flexibility index (Phi) is 5.37. The van der Waals surface area contributed by atoms with E-state index in [2.05, 4.69) is 23.1 Å². The SMILES string of the molecule is CC(C)(C)C(=O)N1CCc2cc(CCN3CCCC(C(=O)O)C3)ccc21. The lowest BCUT2D eigenvalue weighted by atomic mass is 9.94. The molecule has 5 nitrogen and oxygen atoms in total. The largest absolute Gasteiger partial charge is 0.481 e. The standard InChI is InChI=1S/C21H30N2O3/c1-21(2,3)20(26)23-12-9-16-13-15(6-7-18(16)23)8-11-22-10-4-5-17(14-22)19(24)25/h6-7,13,17H,4-5,8-12,14H2,1-3H3,(H,24,25). The van der Waals surface area contributed by atoms with Gasteiger partial charge in [-0.15, -0.1) is 0 Å².